The Morgan fingerprint density at radius 2 is 1.88 bits per heavy atom. The van der Waals surface area contributed by atoms with E-state index in [-0.39, 0.29) is 12.1 Å². The molecule has 2 aliphatic carbocycles. The third-order valence-electron chi connectivity index (χ3n) is 4.28. The number of nitrogens with zero attached hydrogens (tertiary/aromatic N) is 1. The van der Waals surface area contributed by atoms with Gasteiger partial charge in [-0.25, -0.2) is 0 Å². The third kappa shape index (κ3) is 3.67. The highest BCUT2D eigenvalue weighted by molar-refractivity contribution is 4.95. The first kappa shape index (κ1) is 13.3. The smallest absolute Gasteiger partial charge is 0.0623 e. The second kappa shape index (κ2) is 5.68. The molecule has 2 saturated carbocycles. The molecule has 17 heavy (non-hydrogen) atoms. The highest BCUT2D eigenvalue weighted by atomic mass is 16.3. The van der Waals surface area contributed by atoms with Gasteiger partial charge in [0.05, 0.1) is 12.1 Å². The fourth-order valence-electron chi connectivity index (χ4n) is 3.08. The third-order valence-corrected chi connectivity index (χ3v) is 4.28. The summed E-state index contributed by atoms with van der Waals surface area (Å²) in [6.45, 7) is 6.75. The Labute approximate surface area is 106 Å². The Kier molecular flexibility index (Phi) is 4.45. The molecular formula is C14H28N2O. The Morgan fingerprint density at radius 3 is 2.35 bits per heavy atom. The summed E-state index contributed by atoms with van der Waals surface area (Å²) >= 11 is 0. The van der Waals surface area contributed by atoms with Crippen LogP contribution in [0.3, 0.4) is 0 Å². The van der Waals surface area contributed by atoms with Gasteiger partial charge in [0.1, 0.15) is 0 Å². The van der Waals surface area contributed by atoms with E-state index in [1.165, 1.54) is 38.5 Å². The zero-order valence-electron chi connectivity index (χ0n) is 11.4. The number of likely N-dealkylation sites (N-methyl/N-ethyl adjacent to an activating group) is 1. The number of nitrogens with one attached hydrogen (secondary N) is 1. The van der Waals surface area contributed by atoms with E-state index in [0.717, 1.165) is 19.1 Å². The average Bonchev–Trinajstić information content (AvgIpc) is 2.97. The van der Waals surface area contributed by atoms with E-state index >= 15 is 0 Å². The SMILES string of the molecule is CCN(CC(C)(CO)NC1CC1)C1CCCC1. The first-order valence-corrected chi connectivity index (χ1v) is 7.29. The van der Waals surface area contributed by atoms with Crippen molar-refractivity contribution in [1.82, 2.24) is 10.2 Å². The van der Waals surface area contributed by atoms with Gasteiger partial charge in [0.15, 0.2) is 0 Å². The molecule has 3 heteroatoms. The molecule has 1 unspecified atom stereocenters. The second-order valence-electron chi connectivity index (χ2n) is 6.14. The van der Waals surface area contributed by atoms with Gasteiger partial charge in [-0.2, -0.15) is 0 Å². The topological polar surface area (TPSA) is 35.5 Å². The van der Waals surface area contributed by atoms with Crippen LogP contribution >= 0.6 is 0 Å². The maximum absolute atomic E-state index is 9.66. The zero-order valence-corrected chi connectivity index (χ0v) is 11.4. The molecule has 2 rings (SSSR count). The first-order valence-electron chi connectivity index (χ1n) is 7.29. The number of aliphatic hydroxyl groups is 1. The highest BCUT2D eigenvalue weighted by Crippen LogP contribution is 2.27. The number of hydrogen-bond acceptors (Lipinski definition) is 3. The van der Waals surface area contributed by atoms with Crippen LogP contribution in [0.25, 0.3) is 0 Å². The lowest BCUT2D eigenvalue weighted by atomic mass is 10.0. The highest BCUT2D eigenvalue weighted by Gasteiger charge is 2.35. The molecule has 0 bridgehead atoms. The van der Waals surface area contributed by atoms with Crippen molar-refractivity contribution in [2.24, 2.45) is 0 Å². The Morgan fingerprint density at radius 1 is 1.24 bits per heavy atom. The predicted octanol–water partition coefficient (Wildman–Crippen LogP) is 1.75. The molecule has 1 atom stereocenters. The van der Waals surface area contributed by atoms with Gasteiger partial charge in [-0.3, -0.25) is 4.90 Å². The van der Waals surface area contributed by atoms with E-state index in [4.69, 9.17) is 0 Å². The zero-order chi connectivity index (χ0) is 12.3. The first-order chi connectivity index (χ1) is 8.17. The van der Waals surface area contributed by atoms with E-state index in [2.05, 4.69) is 24.1 Å². The van der Waals surface area contributed by atoms with Crippen molar-refractivity contribution in [1.29, 1.82) is 0 Å². The molecule has 0 aromatic heterocycles. The lowest BCUT2D eigenvalue weighted by molar-refractivity contribution is 0.0975. The molecule has 2 N–H and O–H groups in total. The molecule has 0 saturated heterocycles. The molecule has 2 fully saturated rings. The van der Waals surface area contributed by atoms with E-state index < -0.39 is 0 Å². The standard InChI is InChI=1S/C14H28N2O/c1-3-16(13-6-4-5-7-13)10-14(2,11-17)15-12-8-9-12/h12-13,15,17H,3-11H2,1-2H3. The van der Waals surface area contributed by atoms with Crippen molar-refractivity contribution in [3.8, 4) is 0 Å². The lowest BCUT2D eigenvalue weighted by Crippen LogP contribution is -2.56. The molecule has 0 heterocycles. The number of hydrogen-bond donors (Lipinski definition) is 2. The summed E-state index contributed by atoms with van der Waals surface area (Å²) in [5.74, 6) is 0. The summed E-state index contributed by atoms with van der Waals surface area (Å²) in [5.41, 5.74) is -0.111. The Hall–Kier alpha value is -0.120. The minimum atomic E-state index is -0.111. The van der Waals surface area contributed by atoms with Crippen LogP contribution in [0.4, 0.5) is 0 Å². The van der Waals surface area contributed by atoms with Gasteiger partial charge in [-0.15, -0.1) is 0 Å². The fraction of sp³-hybridized carbons (Fsp3) is 1.00. The van der Waals surface area contributed by atoms with Crippen molar-refractivity contribution < 1.29 is 5.11 Å². The van der Waals surface area contributed by atoms with Crippen molar-refractivity contribution in [3.05, 3.63) is 0 Å². The van der Waals surface area contributed by atoms with Crippen molar-refractivity contribution >= 4 is 0 Å². The summed E-state index contributed by atoms with van der Waals surface area (Å²) in [7, 11) is 0. The van der Waals surface area contributed by atoms with Gasteiger partial charge in [0, 0.05) is 18.6 Å². The molecule has 100 valence electrons. The quantitative estimate of drug-likeness (QED) is 0.712. The summed E-state index contributed by atoms with van der Waals surface area (Å²) < 4.78 is 0. The van der Waals surface area contributed by atoms with Crippen LogP contribution in [0.5, 0.6) is 0 Å². The van der Waals surface area contributed by atoms with Crippen molar-refractivity contribution in [3.63, 3.8) is 0 Å². The van der Waals surface area contributed by atoms with Gasteiger partial charge in [0.2, 0.25) is 0 Å². The predicted molar refractivity (Wildman–Crippen MR) is 71.2 cm³/mol. The van der Waals surface area contributed by atoms with Crippen LogP contribution in [0.2, 0.25) is 0 Å². The molecule has 0 aliphatic heterocycles. The van der Waals surface area contributed by atoms with E-state index in [0.29, 0.717) is 6.04 Å². The van der Waals surface area contributed by atoms with Crippen LogP contribution in [0.1, 0.15) is 52.4 Å². The molecule has 0 aromatic carbocycles. The van der Waals surface area contributed by atoms with Crippen LogP contribution in [0, 0.1) is 0 Å². The van der Waals surface area contributed by atoms with Crippen molar-refractivity contribution in [2.75, 3.05) is 19.7 Å². The summed E-state index contributed by atoms with van der Waals surface area (Å²) in [5, 5.41) is 13.3. The fourth-order valence-corrected chi connectivity index (χ4v) is 3.08. The normalized spacial score (nSPS) is 25.4. The summed E-state index contributed by atoms with van der Waals surface area (Å²) in [6.07, 6.45) is 8.02. The van der Waals surface area contributed by atoms with Crippen LogP contribution in [-0.2, 0) is 0 Å². The number of rotatable bonds is 7. The Bertz CT molecular complexity index is 236. The molecule has 0 spiro atoms. The molecular weight excluding hydrogens is 212 g/mol. The summed E-state index contributed by atoms with van der Waals surface area (Å²) in [4.78, 5) is 2.57. The maximum atomic E-state index is 9.66. The summed E-state index contributed by atoms with van der Waals surface area (Å²) in [6, 6.07) is 1.42. The second-order valence-corrected chi connectivity index (χ2v) is 6.14. The van der Waals surface area contributed by atoms with Crippen molar-refractivity contribution in [2.45, 2.75) is 70.0 Å². The molecule has 0 aromatic rings. The average molecular weight is 240 g/mol. The number of aliphatic hydroxyl groups excluding tert-OH is 1. The monoisotopic (exact) mass is 240 g/mol. The lowest BCUT2D eigenvalue weighted by Gasteiger charge is -2.37. The van der Waals surface area contributed by atoms with Gasteiger partial charge >= 0.3 is 0 Å². The van der Waals surface area contributed by atoms with E-state index in [9.17, 15) is 5.11 Å². The van der Waals surface area contributed by atoms with Gasteiger partial charge < -0.3 is 10.4 Å². The molecule has 0 radical (unpaired) electrons. The maximum Gasteiger partial charge on any atom is 0.0623 e. The largest absolute Gasteiger partial charge is 0.394 e. The molecule has 0 amide bonds. The van der Waals surface area contributed by atoms with Gasteiger partial charge in [-0.05, 0) is 39.2 Å². The van der Waals surface area contributed by atoms with Gasteiger partial charge in [0.25, 0.3) is 0 Å². The van der Waals surface area contributed by atoms with E-state index in [1.807, 2.05) is 0 Å². The minimum Gasteiger partial charge on any atom is -0.394 e. The van der Waals surface area contributed by atoms with E-state index in [1.54, 1.807) is 0 Å². The van der Waals surface area contributed by atoms with Crippen LogP contribution < -0.4 is 5.32 Å². The Balaban J connectivity index is 1.89. The minimum absolute atomic E-state index is 0.111. The van der Waals surface area contributed by atoms with Crippen LogP contribution in [-0.4, -0.2) is 47.3 Å². The van der Waals surface area contributed by atoms with Gasteiger partial charge in [-0.1, -0.05) is 19.8 Å². The molecule has 2 aliphatic rings. The molecule has 3 nitrogen and oxygen atoms in total. The van der Waals surface area contributed by atoms with Crippen LogP contribution in [0.15, 0.2) is 0 Å².